The van der Waals surface area contributed by atoms with Gasteiger partial charge in [0.15, 0.2) is 0 Å². The molecule has 90 valence electrons. The van der Waals surface area contributed by atoms with Gasteiger partial charge in [-0.3, -0.25) is 4.79 Å². The molecule has 0 rings (SSSR count). The number of ketones is 1. The zero-order valence-electron chi connectivity index (χ0n) is 11.3. The first-order chi connectivity index (χ1) is 6.83. The fourth-order valence-electron chi connectivity index (χ4n) is 1.55. The van der Waals surface area contributed by atoms with E-state index in [0.29, 0.717) is 5.92 Å². The first-order valence-electron chi connectivity index (χ1n) is 6.06. The molecule has 15 heavy (non-hydrogen) atoms. The van der Waals surface area contributed by atoms with Crippen molar-refractivity contribution in [3.05, 3.63) is 0 Å². The van der Waals surface area contributed by atoms with Crippen molar-refractivity contribution in [2.24, 2.45) is 11.3 Å². The molecule has 2 heteroatoms. The highest BCUT2D eigenvalue weighted by molar-refractivity contribution is 5.81. The molecule has 0 N–H and O–H groups in total. The van der Waals surface area contributed by atoms with Gasteiger partial charge in [0, 0.05) is 18.5 Å². The normalized spacial score (nSPS) is 14.3. The van der Waals surface area contributed by atoms with Crippen LogP contribution in [0.3, 0.4) is 0 Å². The second-order valence-corrected chi connectivity index (χ2v) is 5.28. The lowest BCUT2D eigenvalue weighted by Gasteiger charge is -2.31. The lowest BCUT2D eigenvalue weighted by atomic mass is 9.88. The average Bonchev–Trinajstić information content (AvgIpc) is 2.15. The Morgan fingerprint density at radius 1 is 1.33 bits per heavy atom. The number of hydrogen-bond donors (Lipinski definition) is 0. The minimum absolute atomic E-state index is 0.205. The van der Waals surface area contributed by atoms with Crippen LogP contribution in [0.5, 0.6) is 0 Å². The van der Waals surface area contributed by atoms with Gasteiger partial charge in [-0.25, -0.2) is 0 Å². The Labute approximate surface area is 95.0 Å². The standard InChI is InChI=1S/C13H27NO/c1-7-11(3)9-14(8-2)10-13(5,6)12(4)15/h11H,7-10H2,1-6H3. The molecule has 0 spiro atoms. The molecule has 0 amide bonds. The van der Waals surface area contributed by atoms with Crippen molar-refractivity contribution in [2.45, 2.75) is 48.0 Å². The van der Waals surface area contributed by atoms with E-state index in [1.165, 1.54) is 6.42 Å². The van der Waals surface area contributed by atoms with Crippen LogP contribution in [0.25, 0.3) is 0 Å². The van der Waals surface area contributed by atoms with Crippen LogP contribution in [-0.4, -0.2) is 30.3 Å². The summed E-state index contributed by atoms with van der Waals surface area (Å²) in [6, 6.07) is 0. The summed E-state index contributed by atoms with van der Waals surface area (Å²) in [4.78, 5) is 13.8. The Kier molecular flexibility index (Phi) is 6.11. The molecule has 1 atom stereocenters. The van der Waals surface area contributed by atoms with Crippen LogP contribution in [-0.2, 0) is 4.79 Å². The minimum Gasteiger partial charge on any atom is -0.302 e. The molecule has 0 aliphatic heterocycles. The number of hydrogen-bond acceptors (Lipinski definition) is 2. The van der Waals surface area contributed by atoms with E-state index >= 15 is 0 Å². The number of nitrogens with zero attached hydrogens (tertiary/aromatic N) is 1. The van der Waals surface area contributed by atoms with Gasteiger partial charge in [0.1, 0.15) is 5.78 Å². The Hall–Kier alpha value is -0.370. The summed E-state index contributed by atoms with van der Waals surface area (Å²) in [5.74, 6) is 0.998. The highest BCUT2D eigenvalue weighted by Gasteiger charge is 2.26. The Morgan fingerprint density at radius 2 is 1.87 bits per heavy atom. The van der Waals surface area contributed by atoms with E-state index in [9.17, 15) is 4.79 Å². The molecular formula is C13H27NO. The molecule has 0 aromatic rings. The van der Waals surface area contributed by atoms with Gasteiger partial charge in [0.2, 0.25) is 0 Å². The molecule has 0 saturated heterocycles. The maximum Gasteiger partial charge on any atom is 0.136 e. The maximum atomic E-state index is 11.4. The van der Waals surface area contributed by atoms with Crippen LogP contribution >= 0.6 is 0 Å². The van der Waals surface area contributed by atoms with Gasteiger partial charge in [0.05, 0.1) is 0 Å². The summed E-state index contributed by atoms with van der Waals surface area (Å²) >= 11 is 0. The highest BCUT2D eigenvalue weighted by atomic mass is 16.1. The van der Waals surface area contributed by atoms with Gasteiger partial charge in [-0.05, 0) is 19.4 Å². The van der Waals surface area contributed by atoms with Crippen molar-refractivity contribution >= 4 is 5.78 Å². The van der Waals surface area contributed by atoms with E-state index in [0.717, 1.165) is 19.6 Å². The molecule has 0 aromatic heterocycles. The second-order valence-electron chi connectivity index (χ2n) is 5.28. The number of Topliss-reactive ketones (excluding diaryl/α,β-unsaturated/α-hetero) is 1. The van der Waals surface area contributed by atoms with Gasteiger partial charge >= 0.3 is 0 Å². The Balaban J connectivity index is 4.26. The van der Waals surface area contributed by atoms with Crippen molar-refractivity contribution in [1.82, 2.24) is 4.90 Å². The summed E-state index contributed by atoms with van der Waals surface area (Å²) in [5, 5.41) is 0. The largest absolute Gasteiger partial charge is 0.302 e. The second kappa shape index (κ2) is 6.26. The van der Waals surface area contributed by atoms with Crippen LogP contribution < -0.4 is 0 Å². The maximum absolute atomic E-state index is 11.4. The van der Waals surface area contributed by atoms with Crippen molar-refractivity contribution in [1.29, 1.82) is 0 Å². The molecule has 0 aromatic carbocycles. The molecule has 0 fully saturated rings. The predicted octanol–water partition coefficient (Wildman–Crippen LogP) is 2.97. The quantitative estimate of drug-likeness (QED) is 0.648. The molecule has 0 radical (unpaired) electrons. The lowest BCUT2D eigenvalue weighted by molar-refractivity contribution is -0.125. The highest BCUT2D eigenvalue weighted by Crippen LogP contribution is 2.19. The predicted molar refractivity (Wildman–Crippen MR) is 66.0 cm³/mol. The zero-order valence-corrected chi connectivity index (χ0v) is 11.3. The SMILES string of the molecule is CCC(C)CN(CC)CC(C)(C)C(C)=O. The van der Waals surface area contributed by atoms with Gasteiger partial charge in [0.25, 0.3) is 0 Å². The third kappa shape index (κ3) is 5.31. The Morgan fingerprint density at radius 3 is 2.20 bits per heavy atom. The monoisotopic (exact) mass is 213 g/mol. The van der Waals surface area contributed by atoms with Gasteiger partial charge < -0.3 is 4.90 Å². The average molecular weight is 213 g/mol. The number of carbonyl (C=O) groups is 1. The molecule has 0 heterocycles. The summed E-state index contributed by atoms with van der Waals surface area (Å²) in [5.41, 5.74) is -0.205. The molecule has 0 saturated carbocycles. The zero-order chi connectivity index (χ0) is 12.1. The molecule has 0 bridgehead atoms. The van der Waals surface area contributed by atoms with Gasteiger partial charge in [-0.1, -0.05) is 41.0 Å². The van der Waals surface area contributed by atoms with E-state index in [4.69, 9.17) is 0 Å². The summed E-state index contributed by atoms with van der Waals surface area (Å²) < 4.78 is 0. The van der Waals surface area contributed by atoms with E-state index in [2.05, 4.69) is 25.7 Å². The lowest BCUT2D eigenvalue weighted by Crippen LogP contribution is -2.40. The Bertz CT molecular complexity index is 199. The number of carbonyl (C=O) groups excluding carboxylic acids is 1. The van der Waals surface area contributed by atoms with Crippen molar-refractivity contribution < 1.29 is 4.79 Å². The van der Waals surface area contributed by atoms with Crippen molar-refractivity contribution in [3.8, 4) is 0 Å². The molecular weight excluding hydrogens is 186 g/mol. The van der Waals surface area contributed by atoms with Gasteiger partial charge in [-0.15, -0.1) is 0 Å². The van der Waals surface area contributed by atoms with Crippen LogP contribution in [0.15, 0.2) is 0 Å². The number of rotatable bonds is 7. The van der Waals surface area contributed by atoms with Crippen LogP contribution in [0.4, 0.5) is 0 Å². The summed E-state index contributed by atoms with van der Waals surface area (Å²) in [6.45, 7) is 15.4. The molecule has 2 nitrogen and oxygen atoms in total. The van der Waals surface area contributed by atoms with Crippen molar-refractivity contribution in [3.63, 3.8) is 0 Å². The fourth-order valence-corrected chi connectivity index (χ4v) is 1.55. The molecule has 0 aliphatic rings. The van der Waals surface area contributed by atoms with E-state index < -0.39 is 0 Å². The van der Waals surface area contributed by atoms with Crippen LogP contribution in [0.1, 0.15) is 48.0 Å². The van der Waals surface area contributed by atoms with Crippen molar-refractivity contribution in [2.75, 3.05) is 19.6 Å². The summed E-state index contributed by atoms with van der Waals surface area (Å²) in [7, 11) is 0. The van der Waals surface area contributed by atoms with E-state index in [-0.39, 0.29) is 11.2 Å². The van der Waals surface area contributed by atoms with E-state index in [1.807, 2.05) is 13.8 Å². The summed E-state index contributed by atoms with van der Waals surface area (Å²) in [6.07, 6.45) is 1.21. The van der Waals surface area contributed by atoms with Crippen LogP contribution in [0.2, 0.25) is 0 Å². The molecule has 0 aliphatic carbocycles. The topological polar surface area (TPSA) is 20.3 Å². The molecule has 1 unspecified atom stereocenters. The minimum atomic E-state index is -0.205. The van der Waals surface area contributed by atoms with E-state index in [1.54, 1.807) is 6.92 Å². The smallest absolute Gasteiger partial charge is 0.136 e. The van der Waals surface area contributed by atoms with Crippen LogP contribution in [0, 0.1) is 11.3 Å². The first kappa shape index (κ1) is 14.6. The van der Waals surface area contributed by atoms with Gasteiger partial charge in [-0.2, -0.15) is 0 Å². The fraction of sp³-hybridized carbons (Fsp3) is 0.923. The third-order valence-electron chi connectivity index (χ3n) is 3.29. The first-order valence-corrected chi connectivity index (χ1v) is 6.06. The third-order valence-corrected chi connectivity index (χ3v) is 3.29.